The van der Waals surface area contributed by atoms with E-state index in [9.17, 15) is 4.79 Å². The van der Waals surface area contributed by atoms with Crippen LogP contribution in [0.2, 0.25) is 0 Å². The van der Waals surface area contributed by atoms with Gasteiger partial charge in [0.25, 0.3) is 5.56 Å². The summed E-state index contributed by atoms with van der Waals surface area (Å²) < 4.78 is 12.2. The molecule has 0 amide bonds. The van der Waals surface area contributed by atoms with Crippen LogP contribution in [0, 0.1) is 0 Å². The minimum Gasteiger partial charge on any atom is -0.497 e. The maximum atomic E-state index is 12.1. The first kappa shape index (κ1) is 11.6. The number of nitrogens with one attached hydrogen (secondary N) is 1. The fourth-order valence-corrected chi connectivity index (χ4v) is 2.34. The Morgan fingerprint density at radius 1 is 1.21 bits per heavy atom. The van der Waals surface area contributed by atoms with Gasteiger partial charge in [0, 0.05) is 36.1 Å². The normalized spacial score (nSPS) is 11.1. The molecule has 1 aromatic carbocycles. The summed E-state index contributed by atoms with van der Waals surface area (Å²) in [4.78, 5) is 15.3. The standard InChI is InChI=1S/C14H14N2O3/c1-16-5-4-9-12-10(15-13(9)14(16)17)6-8(18-2)7-11(12)19-3/h4-7,15H,1-3H3. The summed E-state index contributed by atoms with van der Waals surface area (Å²) in [5, 5.41) is 1.76. The van der Waals surface area contributed by atoms with E-state index in [1.54, 1.807) is 32.0 Å². The first-order valence-corrected chi connectivity index (χ1v) is 5.88. The highest BCUT2D eigenvalue weighted by atomic mass is 16.5. The molecule has 1 N–H and O–H groups in total. The van der Waals surface area contributed by atoms with Gasteiger partial charge in [-0.05, 0) is 6.07 Å². The zero-order chi connectivity index (χ0) is 13.6. The average molecular weight is 258 g/mol. The Bertz CT molecular complexity index is 830. The molecule has 5 nitrogen and oxygen atoms in total. The molecule has 0 aliphatic heterocycles. The lowest BCUT2D eigenvalue weighted by Gasteiger charge is -2.05. The quantitative estimate of drug-likeness (QED) is 0.765. The predicted molar refractivity (Wildman–Crippen MR) is 74.1 cm³/mol. The predicted octanol–water partition coefficient (Wildman–Crippen LogP) is 2.04. The molecule has 5 heteroatoms. The SMILES string of the molecule is COc1cc(OC)c2c(c1)[nH]c1c(=O)n(C)ccc12. The van der Waals surface area contributed by atoms with Gasteiger partial charge in [-0.25, -0.2) is 0 Å². The van der Waals surface area contributed by atoms with Crippen molar-refractivity contribution in [1.29, 1.82) is 0 Å². The third-order valence-electron chi connectivity index (χ3n) is 3.33. The van der Waals surface area contributed by atoms with Crippen molar-refractivity contribution in [3.63, 3.8) is 0 Å². The average Bonchev–Trinajstić information content (AvgIpc) is 2.81. The second-order valence-corrected chi connectivity index (χ2v) is 4.40. The molecule has 2 heterocycles. The van der Waals surface area contributed by atoms with Crippen LogP contribution in [0.4, 0.5) is 0 Å². The topological polar surface area (TPSA) is 56.2 Å². The molecule has 0 unspecified atom stereocenters. The Balaban J connectivity index is 2.53. The molecular formula is C14H14N2O3. The van der Waals surface area contributed by atoms with Crippen molar-refractivity contribution in [3.8, 4) is 11.5 Å². The maximum Gasteiger partial charge on any atom is 0.274 e. The lowest BCUT2D eigenvalue weighted by Crippen LogP contribution is -2.15. The van der Waals surface area contributed by atoms with E-state index in [1.807, 2.05) is 18.2 Å². The van der Waals surface area contributed by atoms with Crippen molar-refractivity contribution in [2.75, 3.05) is 14.2 Å². The number of rotatable bonds is 2. The van der Waals surface area contributed by atoms with Crippen molar-refractivity contribution >= 4 is 21.8 Å². The maximum absolute atomic E-state index is 12.1. The zero-order valence-corrected chi connectivity index (χ0v) is 11.0. The van der Waals surface area contributed by atoms with E-state index in [4.69, 9.17) is 9.47 Å². The van der Waals surface area contributed by atoms with Gasteiger partial charge in [0.05, 0.1) is 19.7 Å². The first-order valence-electron chi connectivity index (χ1n) is 5.88. The highest BCUT2D eigenvalue weighted by Gasteiger charge is 2.14. The third kappa shape index (κ3) is 1.58. The number of aryl methyl sites for hydroxylation is 1. The zero-order valence-electron chi connectivity index (χ0n) is 11.0. The molecular weight excluding hydrogens is 244 g/mol. The molecule has 0 aliphatic carbocycles. The number of nitrogens with zero attached hydrogens (tertiary/aromatic N) is 1. The molecule has 0 atom stereocenters. The number of pyridine rings is 1. The molecule has 98 valence electrons. The summed E-state index contributed by atoms with van der Waals surface area (Å²) in [6, 6.07) is 5.58. The van der Waals surface area contributed by atoms with Crippen LogP contribution in [0.1, 0.15) is 0 Å². The summed E-state index contributed by atoms with van der Waals surface area (Å²) >= 11 is 0. The van der Waals surface area contributed by atoms with Gasteiger partial charge in [0.1, 0.15) is 17.0 Å². The van der Waals surface area contributed by atoms with Gasteiger partial charge in [0.2, 0.25) is 0 Å². The molecule has 0 aliphatic rings. The molecule has 0 saturated heterocycles. The number of hydrogen-bond acceptors (Lipinski definition) is 3. The van der Waals surface area contributed by atoms with Gasteiger partial charge >= 0.3 is 0 Å². The summed E-state index contributed by atoms with van der Waals surface area (Å²) in [5.74, 6) is 1.38. The van der Waals surface area contributed by atoms with Crippen molar-refractivity contribution in [3.05, 3.63) is 34.7 Å². The number of aromatic nitrogens is 2. The number of methoxy groups -OCH3 is 2. The van der Waals surface area contributed by atoms with Crippen LogP contribution in [0.3, 0.4) is 0 Å². The molecule has 0 bridgehead atoms. The highest BCUT2D eigenvalue weighted by molar-refractivity contribution is 6.10. The van der Waals surface area contributed by atoms with Crippen molar-refractivity contribution in [2.45, 2.75) is 0 Å². The minimum absolute atomic E-state index is 0.0604. The number of hydrogen-bond donors (Lipinski definition) is 1. The van der Waals surface area contributed by atoms with Gasteiger partial charge in [0.15, 0.2) is 0 Å². The van der Waals surface area contributed by atoms with Crippen LogP contribution < -0.4 is 15.0 Å². The largest absolute Gasteiger partial charge is 0.497 e. The lowest BCUT2D eigenvalue weighted by atomic mass is 10.1. The number of benzene rings is 1. The Morgan fingerprint density at radius 3 is 2.68 bits per heavy atom. The molecule has 3 rings (SSSR count). The highest BCUT2D eigenvalue weighted by Crippen LogP contribution is 2.35. The van der Waals surface area contributed by atoms with E-state index in [0.717, 1.165) is 16.3 Å². The molecule has 0 saturated carbocycles. The van der Waals surface area contributed by atoms with Crippen LogP contribution in [0.15, 0.2) is 29.2 Å². The van der Waals surface area contributed by atoms with Crippen molar-refractivity contribution in [2.24, 2.45) is 7.05 Å². The van der Waals surface area contributed by atoms with Gasteiger partial charge < -0.3 is 19.0 Å². The summed E-state index contributed by atoms with van der Waals surface area (Å²) in [6.07, 6.45) is 1.75. The van der Waals surface area contributed by atoms with E-state index >= 15 is 0 Å². The van der Waals surface area contributed by atoms with Crippen LogP contribution >= 0.6 is 0 Å². The molecule has 19 heavy (non-hydrogen) atoms. The molecule has 0 radical (unpaired) electrons. The Labute approximate surface area is 109 Å². The molecule has 3 aromatic rings. The fraction of sp³-hybridized carbons (Fsp3) is 0.214. The van der Waals surface area contributed by atoms with Crippen LogP contribution in [0.5, 0.6) is 11.5 Å². The monoisotopic (exact) mass is 258 g/mol. The van der Waals surface area contributed by atoms with E-state index in [-0.39, 0.29) is 5.56 Å². The van der Waals surface area contributed by atoms with E-state index in [1.165, 1.54) is 0 Å². The van der Waals surface area contributed by atoms with E-state index in [2.05, 4.69) is 4.98 Å². The van der Waals surface area contributed by atoms with Gasteiger partial charge in [-0.3, -0.25) is 4.79 Å². The second kappa shape index (κ2) is 4.05. The summed E-state index contributed by atoms with van der Waals surface area (Å²) in [5.41, 5.74) is 1.34. The number of H-pyrrole nitrogens is 1. The smallest absolute Gasteiger partial charge is 0.274 e. The Morgan fingerprint density at radius 2 is 2.00 bits per heavy atom. The number of aromatic amines is 1. The van der Waals surface area contributed by atoms with E-state index < -0.39 is 0 Å². The first-order chi connectivity index (χ1) is 9.15. The molecule has 2 aromatic heterocycles. The second-order valence-electron chi connectivity index (χ2n) is 4.40. The lowest BCUT2D eigenvalue weighted by molar-refractivity contribution is 0.398. The number of fused-ring (bicyclic) bond motifs is 3. The Kier molecular flexibility index (Phi) is 2.48. The summed E-state index contributed by atoms with van der Waals surface area (Å²) in [6.45, 7) is 0. The number of ether oxygens (including phenoxy) is 2. The fourth-order valence-electron chi connectivity index (χ4n) is 2.34. The van der Waals surface area contributed by atoms with Gasteiger partial charge in [-0.15, -0.1) is 0 Å². The van der Waals surface area contributed by atoms with Gasteiger partial charge in [-0.2, -0.15) is 0 Å². The Hall–Kier alpha value is -2.43. The molecule has 0 spiro atoms. The molecule has 0 fully saturated rings. The van der Waals surface area contributed by atoms with Crippen LogP contribution in [-0.2, 0) is 7.05 Å². The van der Waals surface area contributed by atoms with Crippen LogP contribution in [0.25, 0.3) is 21.8 Å². The van der Waals surface area contributed by atoms with Crippen LogP contribution in [-0.4, -0.2) is 23.8 Å². The van der Waals surface area contributed by atoms with Crippen molar-refractivity contribution in [1.82, 2.24) is 9.55 Å². The minimum atomic E-state index is -0.0604. The van der Waals surface area contributed by atoms with Crippen molar-refractivity contribution < 1.29 is 9.47 Å². The van der Waals surface area contributed by atoms with Gasteiger partial charge in [-0.1, -0.05) is 0 Å². The summed E-state index contributed by atoms with van der Waals surface area (Å²) in [7, 11) is 4.93. The third-order valence-corrected chi connectivity index (χ3v) is 3.33. The van der Waals surface area contributed by atoms with E-state index in [0.29, 0.717) is 17.0 Å².